The Morgan fingerprint density at radius 1 is 1.14 bits per heavy atom. The second-order valence-electron chi connectivity index (χ2n) is 4.95. The van der Waals surface area contributed by atoms with Crippen LogP contribution in [0.1, 0.15) is 24.5 Å². The molecule has 2 rings (SSSR count). The Bertz CT molecular complexity index is 593. The summed E-state index contributed by atoms with van der Waals surface area (Å²) in [6.07, 6.45) is 1.40. The van der Waals surface area contributed by atoms with Crippen molar-refractivity contribution in [2.75, 3.05) is 7.11 Å². The number of benzene rings is 2. The van der Waals surface area contributed by atoms with Gasteiger partial charge in [-0.15, -0.1) is 0 Å². The molecule has 0 atom stereocenters. The van der Waals surface area contributed by atoms with Crippen molar-refractivity contribution >= 4 is 25.2 Å². The summed E-state index contributed by atoms with van der Waals surface area (Å²) < 4.78 is 6.67. The molecule has 0 amide bonds. The molecular formula is C18H20O2Se. The van der Waals surface area contributed by atoms with Crippen molar-refractivity contribution in [3.63, 3.8) is 0 Å². The molecule has 2 aromatic rings. The molecule has 0 aliphatic rings. The molecular weight excluding hydrogens is 327 g/mol. The minimum atomic E-state index is 0.235. The second-order valence-corrected chi connectivity index (χ2v) is 7.08. The van der Waals surface area contributed by atoms with E-state index in [2.05, 4.69) is 36.4 Å². The van der Waals surface area contributed by atoms with Crippen molar-refractivity contribution in [1.29, 1.82) is 0 Å². The summed E-state index contributed by atoms with van der Waals surface area (Å²) in [6, 6.07) is 16.8. The van der Waals surface area contributed by atoms with E-state index in [1.165, 1.54) is 15.6 Å². The molecule has 0 radical (unpaired) electrons. The van der Waals surface area contributed by atoms with Crippen molar-refractivity contribution in [1.82, 2.24) is 0 Å². The Labute approximate surface area is 132 Å². The first-order chi connectivity index (χ1) is 10.2. The fourth-order valence-corrected chi connectivity index (χ4v) is 4.22. The van der Waals surface area contributed by atoms with Gasteiger partial charge in [0.25, 0.3) is 0 Å². The summed E-state index contributed by atoms with van der Waals surface area (Å²) in [5.74, 6) is 1.10. The summed E-state index contributed by atoms with van der Waals surface area (Å²) in [6.45, 7) is 1.65. The normalized spacial score (nSPS) is 10.4. The Hall–Kier alpha value is -1.57. The molecule has 0 saturated heterocycles. The molecule has 0 saturated carbocycles. The average molecular weight is 347 g/mol. The summed E-state index contributed by atoms with van der Waals surface area (Å²) in [4.78, 5) is 11.2. The number of methoxy groups -OCH3 is 1. The molecule has 0 bridgehead atoms. The maximum atomic E-state index is 11.2. The van der Waals surface area contributed by atoms with Gasteiger partial charge in [0.15, 0.2) is 0 Å². The van der Waals surface area contributed by atoms with E-state index in [0.29, 0.717) is 21.4 Å². The van der Waals surface area contributed by atoms with Gasteiger partial charge < -0.3 is 0 Å². The van der Waals surface area contributed by atoms with Crippen LogP contribution in [0.15, 0.2) is 48.5 Å². The van der Waals surface area contributed by atoms with Crippen LogP contribution in [-0.4, -0.2) is 27.8 Å². The predicted molar refractivity (Wildman–Crippen MR) is 87.5 cm³/mol. The van der Waals surface area contributed by atoms with Crippen molar-refractivity contribution in [3.8, 4) is 5.75 Å². The molecule has 2 aromatic carbocycles. The molecule has 21 heavy (non-hydrogen) atoms. The van der Waals surface area contributed by atoms with Gasteiger partial charge in [0, 0.05) is 0 Å². The standard InChI is InChI=1S/C18H20O2Se/c1-14(19)8-9-16-12-17(20-2)10-11-18(16)21-13-15-6-4-3-5-7-15/h3-7,10-12H,8-9,13H2,1-2H3. The molecule has 0 aromatic heterocycles. The van der Waals surface area contributed by atoms with Crippen LogP contribution in [0.25, 0.3) is 0 Å². The first-order valence-electron chi connectivity index (χ1n) is 7.02. The van der Waals surface area contributed by atoms with Crippen molar-refractivity contribution in [2.24, 2.45) is 0 Å². The molecule has 0 unspecified atom stereocenters. The molecule has 3 heteroatoms. The summed E-state index contributed by atoms with van der Waals surface area (Å²) in [5, 5.41) is 1.08. The van der Waals surface area contributed by atoms with Gasteiger partial charge in [0.05, 0.1) is 0 Å². The number of aryl methyl sites for hydroxylation is 1. The van der Waals surface area contributed by atoms with Crippen LogP contribution in [0, 0.1) is 0 Å². The zero-order valence-electron chi connectivity index (χ0n) is 12.5. The van der Waals surface area contributed by atoms with Gasteiger partial charge in [-0.1, -0.05) is 0 Å². The molecule has 0 aliphatic heterocycles. The molecule has 2 nitrogen and oxygen atoms in total. The van der Waals surface area contributed by atoms with Crippen LogP contribution < -0.4 is 9.20 Å². The summed E-state index contributed by atoms with van der Waals surface area (Å²) in [5.41, 5.74) is 2.62. The van der Waals surface area contributed by atoms with E-state index >= 15 is 0 Å². The van der Waals surface area contributed by atoms with Crippen LogP contribution in [0.2, 0.25) is 0 Å². The molecule has 0 aliphatic carbocycles. The van der Waals surface area contributed by atoms with Crippen molar-refractivity contribution < 1.29 is 9.53 Å². The SMILES string of the molecule is COc1ccc([Se]Cc2ccccc2)c(CCC(C)=O)c1. The minimum absolute atomic E-state index is 0.235. The summed E-state index contributed by atoms with van der Waals surface area (Å²) >= 11 is 0.375. The predicted octanol–water partition coefficient (Wildman–Crippen LogP) is 2.75. The van der Waals surface area contributed by atoms with E-state index in [-0.39, 0.29) is 5.78 Å². The Kier molecular flexibility index (Phi) is 6.03. The van der Waals surface area contributed by atoms with Crippen LogP contribution in [0.3, 0.4) is 0 Å². The third-order valence-electron chi connectivity index (χ3n) is 3.25. The molecule has 0 heterocycles. The third-order valence-corrected chi connectivity index (χ3v) is 5.74. The van der Waals surface area contributed by atoms with Gasteiger partial charge >= 0.3 is 132 Å². The van der Waals surface area contributed by atoms with Crippen molar-refractivity contribution in [3.05, 3.63) is 59.7 Å². The molecule has 110 valence electrons. The third kappa shape index (κ3) is 5.04. The first-order valence-corrected chi connectivity index (χ1v) is 9.09. The van der Waals surface area contributed by atoms with Crippen LogP contribution in [-0.2, 0) is 16.5 Å². The number of hydrogen-bond donors (Lipinski definition) is 0. The van der Waals surface area contributed by atoms with E-state index in [0.717, 1.165) is 17.5 Å². The number of hydrogen-bond acceptors (Lipinski definition) is 2. The van der Waals surface area contributed by atoms with Crippen molar-refractivity contribution in [2.45, 2.75) is 25.1 Å². The van der Waals surface area contributed by atoms with E-state index in [9.17, 15) is 4.79 Å². The van der Waals surface area contributed by atoms with E-state index in [1.54, 1.807) is 14.0 Å². The number of ketones is 1. The van der Waals surface area contributed by atoms with Crippen LogP contribution >= 0.6 is 0 Å². The zero-order chi connectivity index (χ0) is 15.1. The maximum absolute atomic E-state index is 11.2. The van der Waals surface area contributed by atoms with Gasteiger partial charge in [0.1, 0.15) is 0 Å². The quantitative estimate of drug-likeness (QED) is 0.720. The fourth-order valence-electron chi connectivity index (χ4n) is 2.06. The number of carbonyl (C=O) groups is 1. The Morgan fingerprint density at radius 3 is 2.57 bits per heavy atom. The number of carbonyl (C=O) groups excluding carboxylic acids is 1. The Morgan fingerprint density at radius 2 is 1.90 bits per heavy atom. The van der Waals surface area contributed by atoms with Crippen LogP contribution in [0.4, 0.5) is 0 Å². The van der Waals surface area contributed by atoms with Gasteiger partial charge in [-0.3, -0.25) is 0 Å². The van der Waals surface area contributed by atoms with Gasteiger partial charge in [-0.25, -0.2) is 0 Å². The van der Waals surface area contributed by atoms with Gasteiger partial charge in [-0.05, 0) is 0 Å². The topological polar surface area (TPSA) is 26.3 Å². The Balaban J connectivity index is 2.11. The number of ether oxygens (including phenoxy) is 1. The number of Topliss-reactive ketones (excluding diaryl/α,β-unsaturated/α-hetero) is 1. The molecule has 0 N–H and O–H groups in total. The van der Waals surface area contributed by atoms with Crippen LogP contribution in [0.5, 0.6) is 5.75 Å². The average Bonchev–Trinajstić information content (AvgIpc) is 2.52. The molecule has 0 fully saturated rings. The second kappa shape index (κ2) is 8.02. The summed E-state index contributed by atoms with van der Waals surface area (Å²) in [7, 11) is 1.68. The first kappa shape index (κ1) is 15.8. The van der Waals surface area contributed by atoms with E-state index in [1.807, 2.05) is 12.1 Å². The molecule has 0 spiro atoms. The van der Waals surface area contributed by atoms with E-state index < -0.39 is 0 Å². The fraction of sp³-hybridized carbons (Fsp3) is 0.278. The van der Waals surface area contributed by atoms with Gasteiger partial charge in [-0.2, -0.15) is 0 Å². The van der Waals surface area contributed by atoms with E-state index in [4.69, 9.17) is 4.74 Å². The monoisotopic (exact) mass is 348 g/mol. The number of rotatable bonds is 7. The van der Waals surface area contributed by atoms with Gasteiger partial charge in [0.2, 0.25) is 0 Å². The zero-order valence-corrected chi connectivity index (χ0v) is 14.2.